The minimum absolute atomic E-state index is 0.134. The van der Waals surface area contributed by atoms with Crippen LogP contribution in [0.3, 0.4) is 0 Å². The summed E-state index contributed by atoms with van der Waals surface area (Å²) in [6, 6.07) is 13.3. The average molecular weight is 330 g/mol. The maximum atomic E-state index is 12.2. The van der Waals surface area contributed by atoms with Gasteiger partial charge in [0.2, 0.25) is 5.91 Å². The van der Waals surface area contributed by atoms with E-state index in [9.17, 15) is 4.79 Å². The van der Waals surface area contributed by atoms with Crippen LogP contribution in [0.4, 0.5) is 5.69 Å². The van der Waals surface area contributed by atoms with Crippen LogP contribution in [0, 0.1) is 5.92 Å². The van der Waals surface area contributed by atoms with E-state index in [0.29, 0.717) is 5.02 Å². The molecule has 0 aromatic heterocycles. The first kappa shape index (κ1) is 15.9. The van der Waals surface area contributed by atoms with Gasteiger partial charge in [0.05, 0.1) is 7.11 Å². The zero-order chi connectivity index (χ0) is 16.2. The predicted molar refractivity (Wildman–Crippen MR) is 94.0 cm³/mol. The van der Waals surface area contributed by atoms with E-state index >= 15 is 0 Å². The first-order valence-electron chi connectivity index (χ1n) is 7.92. The van der Waals surface area contributed by atoms with E-state index in [4.69, 9.17) is 16.3 Å². The first-order chi connectivity index (χ1) is 11.2. The van der Waals surface area contributed by atoms with Crippen LogP contribution in [0.5, 0.6) is 5.75 Å². The Bertz CT molecular complexity index is 691. The Kier molecular flexibility index (Phi) is 4.87. The molecule has 0 unspecified atom stereocenters. The van der Waals surface area contributed by atoms with Crippen molar-refractivity contribution in [2.45, 2.75) is 25.7 Å². The Morgan fingerprint density at radius 1 is 1.13 bits per heavy atom. The first-order valence-corrected chi connectivity index (χ1v) is 8.30. The van der Waals surface area contributed by atoms with Gasteiger partial charge in [-0.25, -0.2) is 0 Å². The van der Waals surface area contributed by atoms with Gasteiger partial charge in [0.1, 0.15) is 5.75 Å². The van der Waals surface area contributed by atoms with Gasteiger partial charge in [-0.15, -0.1) is 0 Å². The number of rotatable bonds is 4. The lowest BCUT2D eigenvalue weighted by atomic mass is 10.0. The number of halogens is 1. The maximum absolute atomic E-state index is 12.2. The van der Waals surface area contributed by atoms with Crippen LogP contribution in [-0.4, -0.2) is 13.0 Å². The minimum Gasteiger partial charge on any atom is -0.497 e. The summed E-state index contributed by atoms with van der Waals surface area (Å²) in [6.45, 7) is 0. The van der Waals surface area contributed by atoms with Crippen molar-refractivity contribution in [1.82, 2.24) is 0 Å². The van der Waals surface area contributed by atoms with Crippen molar-refractivity contribution < 1.29 is 9.53 Å². The topological polar surface area (TPSA) is 38.3 Å². The Morgan fingerprint density at radius 2 is 1.83 bits per heavy atom. The van der Waals surface area contributed by atoms with Crippen molar-refractivity contribution in [2.24, 2.45) is 5.92 Å². The number of hydrogen-bond donors (Lipinski definition) is 1. The van der Waals surface area contributed by atoms with Crippen molar-refractivity contribution in [2.75, 3.05) is 12.4 Å². The molecule has 1 aliphatic carbocycles. The fourth-order valence-corrected chi connectivity index (χ4v) is 3.24. The molecule has 0 heterocycles. The molecule has 0 spiro atoms. The Labute approximate surface area is 141 Å². The molecule has 23 heavy (non-hydrogen) atoms. The van der Waals surface area contributed by atoms with Gasteiger partial charge < -0.3 is 10.1 Å². The molecule has 120 valence electrons. The van der Waals surface area contributed by atoms with E-state index in [0.717, 1.165) is 48.2 Å². The summed E-state index contributed by atoms with van der Waals surface area (Å²) in [4.78, 5) is 12.2. The van der Waals surface area contributed by atoms with Crippen molar-refractivity contribution >= 4 is 23.2 Å². The molecule has 0 bridgehead atoms. The highest BCUT2D eigenvalue weighted by Gasteiger charge is 2.22. The van der Waals surface area contributed by atoms with Crippen LogP contribution < -0.4 is 10.1 Å². The summed E-state index contributed by atoms with van der Waals surface area (Å²) in [7, 11) is 1.63. The van der Waals surface area contributed by atoms with Crippen molar-refractivity contribution in [3.63, 3.8) is 0 Å². The molecule has 0 saturated heterocycles. The zero-order valence-electron chi connectivity index (χ0n) is 13.1. The van der Waals surface area contributed by atoms with Gasteiger partial charge in [-0.1, -0.05) is 36.6 Å². The van der Waals surface area contributed by atoms with Crippen molar-refractivity contribution in [1.29, 1.82) is 0 Å². The lowest BCUT2D eigenvalue weighted by molar-refractivity contribution is -0.119. The quantitative estimate of drug-likeness (QED) is 0.843. The fourth-order valence-electron chi connectivity index (χ4n) is 3.02. The molecule has 3 nitrogen and oxygen atoms in total. The third-order valence-electron chi connectivity index (χ3n) is 4.36. The standard InChI is InChI=1S/C19H20ClNO2/c1-23-16-10-11-18(20)17(12-16)13-6-8-15(9-7-13)21-19(22)14-4-2-3-5-14/h6-12,14H,2-5H2,1H3,(H,21,22). The number of hydrogen-bond acceptors (Lipinski definition) is 2. The molecule has 4 heteroatoms. The van der Waals surface area contributed by atoms with Crippen LogP contribution >= 0.6 is 11.6 Å². The van der Waals surface area contributed by atoms with Gasteiger partial charge in [0.25, 0.3) is 0 Å². The summed E-state index contributed by atoms with van der Waals surface area (Å²) in [5.41, 5.74) is 2.73. The molecule has 3 rings (SSSR count). The predicted octanol–water partition coefficient (Wildman–Crippen LogP) is 5.14. The van der Waals surface area contributed by atoms with Crippen molar-refractivity contribution in [3.05, 3.63) is 47.5 Å². The molecule has 1 fully saturated rings. The van der Waals surface area contributed by atoms with Crippen LogP contribution in [-0.2, 0) is 4.79 Å². The van der Waals surface area contributed by atoms with Crippen LogP contribution in [0.2, 0.25) is 5.02 Å². The van der Waals surface area contributed by atoms with Gasteiger partial charge >= 0.3 is 0 Å². The highest BCUT2D eigenvalue weighted by Crippen LogP contribution is 2.32. The molecule has 0 atom stereocenters. The summed E-state index contributed by atoms with van der Waals surface area (Å²) in [5, 5.41) is 3.68. The van der Waals surface area contributed by atoms with Gasteiger partial charge in [0, 0.05) is 22.2 Å². The minimum atomic E-state index is 0.134. The number of carbonyl (C=O) groups is 1. The van der Waals surface area contributed by atoms with Crippen LogP contribution in [0.1, 0.15) is 25.7 Å². The molecule has 2 aromatic carbocycles. The van der Waals surface area contributed by atoms with Crippen molar-refractivity contribution in [3.8, 4) is 16.9 Å². The average Bonchev–Trinajstić information content (AvgIpc) is 3.11. The summed E-state index contributed by atoms with van der Waals surface area (Å²) < 4.78 is 5.25. The zero-order valence-corrected chi connectivity index (χ0v) is 13.9. The lowest BCUT2D eigenvalue weighted by Crippen LogP contribution is -2.20. The largest absolute Gasteiger partial charge is 0.497 e. The molecule has 1 amide bonds. The highest BCUT2D eigenvalue weighted by atomic mass is 35.5. The smallest absolute Gasteiger partial charge is 0.227 e. The molecule has 0 aliphatic heterocycles. The normalized spacial score (nSPS) is 14.7. The van der Waals surface area contributed by atoms with Gasteiger partial charge in [-0.05, 0) is 48.7 Å². The highest BCUT2D eigenvalue weighted by molar-refractivity contribution is 6.33. The number of ether oxygens (including phenoxy) is 1. The molecule has 0 radical (unpaired) electrons. The number of anilines is 1. The van der Waals surface area contributed by atoms with E-state index < -0.39 is 0 Å². The molecular formula is C19H20ClNO2. The van der Waals surface area contributed by atoms with Crippen LogP contribution in [0.15, 0.2) is 42.5 Å². The van der Waals surface area contributed by atoms with E-state index in [1.165, 1.54) is 0 Å². The second-order valence-corrected chi connectivity index (χ2v) is 6.30. The number of benzene rings is 2. The number of methoxy groups -OCH3 is 1. The molecule has 2 aromatic rings. The molecular weight excluding hydrogens is 310 g/mol. The second kappa shape index (κ2) is 7.05. The number of carbonyl (C=O) groups excluding carboxylic acids is 1. The second-order valence-electron chi connectivity index (χ2n) is 5.89. The number of amides is 1. The third kappa shape index (κ3) is 3.67. The molecule has 1 aliphatic rings. The summed E-state index contributed by atoms with van der Waals surface area (Å²) in [6.07, 6.45) is 4.32. The molecule has 1 N–H and O–H groups in total. The fraction of sp³-hybridized carbons (Fsp3) is 0.316. The summed E-state index contributed by atoms with van der Waals surface area (Å²) in [5.74, 6) is 1.07. The number of nitrogens with one attached hydrogen (secondary N) is 1. The van der Waals surface area contributed by atoms with E-state index in [1.807, 2.05) is 42.5 Å². The Morgan fingerprint density at radius 3 is 2.48 bits per heavy atom. The van der Waals surface area contributed by atoms with E-state index in [-0.39, 0.29) is 11.8 Å². The maximum Gasteiger partial charge on any atom is 0.227 e. The van der Waals surface area contributed by atoms with Gasteiger partial charge in [0.15, 0.2) is 0 Å². The molecule has 1 saturated carbocycles. The Hall–Kier alpha value is -2.00. The van der Waals surface area contributed by atoms with E-state index in [1.54, 1.807) is 7.11 Å². The third-order valence-corrected chi connectivity index (χ3v) is 4.69. The Balaban J connectivity index is 1.75. The monoisotopic (exact) mass is 329 g/mol. The van der Waals surface area contributed by atoms with Gasteiger partial charge in [-0.2, -0.15) is 0 Å². The lowest BCUT2D eigenvalue weighted by Gasteiger charge is -2.12. The van der Waals surface area contributed by atoms with Crippen LogP contribution in [0.25, 0.3) is 11.1 Å². The van der Waals surface area contributed by atoms with Gasteiger partial charge in [-0.3, -0.25) is 4.79 Å². The summed E-state index contributed by atoms with van der Waals surface area (Å²) >= 11 is 6.27. The van der Waals surface area contributed by atoms with E-state index in [2.05, 4.69) is 5.32 Å². The SMILES string of the molecule is COc1ccc(Cl)c(-c2ccc(NC(=O)C3CCCC3)cc2)c1.